The van der Waals surface area contributed by atoms with Gasteiger partial charge in [0.2, 0.25) is 0 Å². The van der Waals surface area contributed by atoms with E-state index in [0.29, 0.717) is 24.0 Å². The van der Waals surface area contributed by atoms with Crippen LogP contribution in [0.1, 0.15) is 0 Å². The summed E-state index contributed by atoms with van der Waals surface area (Å²) in [4.78, 5) is 15.7. The molecule has 0 aliphatic heterocycles. The molecular weight excluding hydrogens is 397 g/mol. The largest absolute Gasteiger partial charge is 0.415 e. The second-order valence-corrected chi connectivity index (χ2v) is 8.67. The fourth-order valence-corrected chi connectivity index (χ4v) is 4.09. The molecule has 0 unspecified atom stereocenters. The van der Waals surface area contributed by atoms with Crippen molar-refractivity contribution in [2.24, 2.45) is 0 Å². The molecule has 0 fully saturated rings. The number of carbonyl (C=O) groups is 1. The summed E-state index contributed by atoms with van der Waals surface area (Å²) >= 11 is 0. The Morgan fingerprint density at radius 2 is 1.69 bits per heavy atom. The first kappa shape index (κ1) is 20.8. The molecule has 2 aromatic carbocycles. The molecule has 154 valence electrons. The number of hydrogen-bond donors (Lipinski definition) is 0. The van der Waals surface area contributed by atoms with Crippen molar-refractivity contribution >= 4 is 27.0 Å². The van der Waals surface area contributed by atoms with Crippen LogP contribution in [-0.2, 0) is 10.0 Å². The molecule has 0 saturated carbocycles. The van der Waals surface area contributed by atoms with Gasteiger partial charge in [0, 0.05) is 25.5 Å². The van der Waals surface area contributed by atoms with Crippen molar-refractivity contribution < 1.29 is 22.3 Å². The molecule has 0 atom stereocenters. The van der Waals surface area contributed by atoms with E-state index in [0.717, 1.165) is 16.1 Å². The summed E-state index contributed by atoms with van der Waals surface area (Å²) in [7, 11) is 1.40. The fourth-order valence-electron chi connectivity index (χ4n) is 2.73. The molecule has 1 heterocycles. The number of fused-ring (bicyclic) bond motifs is 1. The van der Waals surface area contributed by atoms with Crippen molar-refractivity contribution in [3.63, 3.8) is 0 Å². The normalized spacial score (nSPS) is 11.8. The number of benzene rings is 2. The third-order valence-corrected chi connectivity index (χ3v) is 6.09. The Kier molecular flexibility index (Phi) is 5.90. The summed E-state index contributed by atoms with van der Waals surface area (Å²) in [5.41, 5.74) is 0.357. The van der Waals surface area contributed by atoms with Gasteiger partial charge in [0.1, 0.15) is 5.82 Å². The van der Waals surface area contributed by atoms with Gasteiger partial charge in [-0.3, -0.25) is 0 Å². The quantitative estimate of drug-likeness (QED) is 0.614. The van der Waals surface area contributed by atoms with Gasteiger partial charge in [-0.15, -0.1) is 0 Å². The molecule has 0 bridgehead atoms. The summed E-state index contributed by atoms with van der Waals surface area (Å²) in [6, 6.07) is 11.3. The molecular formula is C20H22FN3O4S. The SMILES string of the molecule is CN(C)CCN(C)C(=O)Oc1cn(S(=O)(=O)c2ccc(F)cc2)c2ccccc12. The molecule has 1 amide bonds. The van der Waals surface area contributed by atoms with E-state index in [1.165, 1.54) is 23.2 Å². The maximum absolute atomic E-state index is 13.2. The first-order valence-corrected chi connectivity index (χ1v) is 10.3. The summed E-state index contributed by atoms with van der Waals surface area (Å²) in [6.07, 6.45) is 0.676. The average Bonchev–Trinajstić information content (AvgIpc) is 3.05. The number of rotatable bonds is 6. The van der Waals surface area contributed by atoms with Crippen molar-refractivity contribution in [1.29, 1.82) is 0 Å². The van der Waals surface area contributed by atoms with E-state index in [9.17, 15) is 17.6 Å². The second kappa shape index (κ2) is 8.22. The van der Waals surface area contributed by atoms with Crippen molar-refractivity contribution in [1.82, 2.24) is 13.8 Å². The van der Waals surface area contributed by atoms with Crippen LogP contribution >= 0.6 is 0 Å². The average molecular weight is 419 g/mol. The van der Waals surface area contributed by atoms with Crippen LogP contribution in [0.25, 0.3) is 10.9 Å². The predicted octanol–water partition coefficient (Wildman–Crippen LogP) is 3.01. The van der Waals surface area contributed by atoms with Crippen LogP contribution in [0.5, 0.6) is 5.75 Å². The molecule has 29 heavy (non-hydrogen) atoms. The van der Waals surface area contributed by atoms with Gasteiger partial charge < -0.3 is 14.5 Å². The predicted molar refractivity (Wildman–Crippen MR) is 108 cm³/mol. The minimum absolute atomic E-state index is 0.0689. The zero-order valence-corrected chi connectivity index (χ0v) is 17.2. The molecule has 7 nitrogen and oxygen atoms in total. The van der Waals surface area contributed by atoms with Gasteiger partial charge in [-0.2, -0.15) is 0 Å². The zero-order valence-electron chi connectivity index (χ0n) is 16.4. The van der Waals surface area contributed by atoms with Gasteiger partial charge in [-0.1, -0.05) is 12.1 Å². The lowest BCUT2D eigenvalue weighted by Crippen LogP contribution is -2.35. The standard InChI is InChI=1S/C20H22FN3O4S/c1-22(2)12-13-23(3)20(25)28-19-14-24(18-7-5-4-6-17(18)19)29(26,27)16-10-8-15(21)9-11-16/h4-11,14H,12-13H2,1-3H3. The third-order valence-electron chi connectivity index (χ3n) is 4.40. The Morgan fingerprint density at radius 3 is 2.34 bits per heavy atom. The third kappa shape index (κ3) is 4.41. The number of amides is 1. The van der Waals surface area contributed by atoms with E-state index in [1.807, 2.05) is 19.0 Å². The number of carbonyl (C=O) groups excluding carboxylic acids is 1. The van der Waals surface area contributed by atoms with Gasteiger partial charge in [-0.05, 0) is 50.5 Å². The highest BCUT2D eigenvalue weighted by molar-refractivity contribution is 7.90. The van der Waals surface area contributed by atoms with E-state index in [-0.39, 0.29) is 10.6 Å². The lowest BCUT2D eigenvalue weighted by atomic mass is 10.2. The molecule has 1 aromatic heterocycles. The van der Waals surface area contributed by atoms with Gasteiger partial charge in [0.05, 0.1) is 16.6 Å². The topological polar surface area (TPSA) is 71.8 Å². The van der Waals surface area contributed by atoms with Crippen molar-refractivity contribution in [3.8, 4) is 5.75 Å². The van der Waals surface area contributed by atoms with E-state index in [2.05, 4.69) is 0 Å². The second-order valence-electron chi connectivity index (χ2n) is 6.86. The number of hydrogen-bond acceptors (Lipinski definition) is 5. The minimum Gasteiger partial charge on any atom is -0.408 e. The number of nitrogens with zero attached hydrogens (tertiary/aromatic N) is 3. The molecule has 0 spiro atoms. The Labute approximate surface area is 168 Å². The number of halogens is 1. The van der Waals surface area contributed by atoms with Gasteiger partial charge in [0.25, 0.3) is 10.0 Å². The number of aromatic nitrogens is 1. The van der Waals surface area contributed by atoms with Gasteiger partial charge >= 0.3 is 6.09 Å². The molecule has 0 saturated heterocycles. The Hall–Kier alpha value is -2.91. The summed E-state index contributed by atoms with van der Waals surface area (Å²) < 4.78 is 45.8. The van der Waals surface area contributed by atoms with Crippen LogP contribution in [0.3, 0.4) is 0 Å². The molecule has 3 rings (SSSR count). The lowest BCUT2D eigenvalue weighted by Gasteiger charge is -2.18. The summed E-state index contributed by atoms with van der Waals surface area (Å²) in [5, 5.41) is 0.479. The van der Waals surface area contributed by atoms with Crippen molar-refractivity contribution in [3.05, 3.63) is 60.5 Å². The summed E-state index contributed by atoms with van der Waals surface area (Å²) in [6.45, 7) is 1.12. The number of para-hydroxylation sites is 1. The van der Waals surface area contributed by atoms with Crippen LogP contribution in [0.2, 0.25) is 0 Å². The molecule has 0 radical (unpaired) electrons. The van der Waals surface area contributed by atoms with Gasteiger partial charge in [-0.25, -0.2) is 21.6 Å². The smallest absolute Gasteiger partial charge is 0.408 e. The van der Waals surface area contributed by atoms with Crippen LogP contribution in [0.4, 0.5) is 9.18 Å². The fraction of sp³-hybridized carbons (Fsp3) is 0.250. The first-order chi connectivity index (χ1) is 13.7. The monoisotopic (exact) mass is 419 g/mol. The van der Waals surface area contributed by atoms with Gasteiger partial charge in [0.15, 0.2) is 5.75 Å². The lowest BCUT2D eigenvalue weighted by molar-refractivity contribution is 0.159. The molecule has 9 heteroatoms. The number of ether oxygens (including phenoxy) is 1. The van der Waals surface area contributed by atoms with Crippen molar-refractivity contribution in [2.45, 2.75) is 4.90 Å². The maximum Gasteiger partial charge on any atom is 0.415 e. The Bertz CT molecular complexity index is 1120. The maximum atomic E-state index is 13.2. The van der Waals surface area contributed by atoms with E-state index >= 15 is 0 Å². The van der Waals surface area contributed by atoms with Crippen LogP contribution < -0.4 is 4.74 Å². The summed E-state index contributed by atoms with van der Waals surface area (Å²) in [5.74, 6) is -0.398. The highest BCUT2D eigenvalue weighted by Crippen LogP contribution is 2.31. The molecule has 0 aliphatic carbocycles. The minimum atomic E-state index is -4.00. The highest BCUT2D eigenvalue weighted by Gasteiger charge is 2.23. The first-order valence-electron chi connectivity index (χ1n) is 8.89. The van der Waals surface area contributed by atoms with E-state index in [4.69, 9.17) is 4.74 Å². The van der Waals surface area contributed by atoms with E-state index in [1.54, 1.807) is 31.3 Å². The van der Waals surface area contributed by atoms with Crippen LogP contribution in [-0.4, -0.2) is 62.5 Å². The van der Waals surface area contributed by atoms with Crippen molar-refractivity contribution in [2.75, 3.05) is 34.2 Å². The van der Waals surface area contributed by atoms with Crippen LogP contribution in [0, 0.1) is 5.82 Å². The van der Waals surface area contributed by atoms with E-state index < -0.39 is 21.9 Å². The van der Waals surface area contributed by atoms with Crippen LogP contribution in [0.15, 0.2) is 59.6 Å². The zero-order chi connectivity index (χ0) is 21.2. The molecule has 0 N–H and O–H groups in total. The number of likely N-dealkylation sites (N-methyl/N-ethyl adjacent to an activating group) is 2. The highest BCUT2D eigenvalue weighted by atomic mass is 32.2. The molecule has 0 aliphatic rings. The molecule has 3 aromatic rings. The Balaban J connectivity index is 1.97. The Morgan fingerprint density at radius 1 is 1.03 bits per heavy atom.